The summed E-state index contributed by atoms with van der Waals surface area (Å²) in [4.78, 5) is 0.384. The van der Waals surface area contributed by atoms with Crippen LogP contribution in [0, 0.1) is 28.6 Å². The van der Waals surface area contributed by atoms with Crippen molar-refractivity contribution in [1.29, 1.82) is 10.5 Å². The van der Waals surface area contributed by atoms with Gasteiger partial charge in [-0.15, -0.1) is 11.3 Å². The van der Waals surface area contributed by atoms with Crippen LogP contribution in [-0.2, 0) is 4.74 Å². The molecule has 0 unspecified atom stereocenters. The molecule has 1 heterocycles. The second kappa shape index (κ2) is 7.63. The van der Waals surface area contributed by atoms with Gasteiger partial charge in [0.15, 0.2) is 0 Å². The minimum atomic E-state index is 0.272. The molecule has 0 aromatic carbocycles. The molecular weight excluding hydrogens is 260 g/mol. The summed E-state index contributed by atoms with van der Waals surface area (Å²) in [6.07, 6.45) is 0.845. The summed E-state index contributed by atoms with van der Waals surface area (Å²) < 4.78 is 5.46. The Morgan fingerprint density at radius 2 is 2.11 bits per heavy atom. The van der Waals surface area contributed by atoms with Crippen LogP contribution >= 0.6 is 11.3 Å². The summed E-state index contributed by atoms with van der Waals surface area (Å²) in [7, 11) is 0. The van der Waals surface area contributed by atoms with Crippen LogP contribution in [0.4, 0.5) is 10.7 Å². The lowest BCUT2D eigenvalue weighted by atomic mass is 10.2. The maximum Gasteiger partial charge on any atom is 0.131 e. The number of rotatable bonds is 7. The largest absolute Gasteiger partial charge is 0.396 e. The number of hydrogen-bond acceptors (Lipinski definition) is 6. The minimum Gasteiger partial charge on any atom is -0.396 e. The number of nitrogens with zero attached hydrogens (tertiary/aromatic N) is 2. The first-order valence-corrected chi connectivity index (χ1v) is 6.95. The van der Waals surface area contributed by atoms with Crippen molar-refractivity contribution in [3.8, 4) is 12.1 Å². The van der Waals surface area contributed by atoms with Gasteiger partial charge < -0.3 is 15.8 Å². The Hall–Kier alpha value is -1.76. The number of hydrogen-bond donors (Lipinski definition) is 2. The van der Waals surface area contributed by atoms with Gasteiger partial charge in [0, 0.05) is 19.8 Å². The van der Waals surface area contributed by atoms with Gasteiger partial charge in [0.1, 0.15) is 27.6 Å². The van der Waals surface area contributed by atoms with E-state index in [9.17, 15) is 0 Å². The molecule has 19 heavy (non-hydrogen) atoms. The lowest BCUT2D eigenvalue weighted by molar-refractivity contribution is 0.110. The van der Waals surface area contributed by atoms with Crippen molar-refractivity contribution in [3.05, 3.63) is 10.4 Å². The summed E-state index contributed by atoms with van der Waals surface area (Å²) in [5.74, 6) is 0.536. The number of nitrogens with two attached hydrogens (primary N) is 1. The molecule has 0 saturated heterocycles. The van der Waals surface area contributed by atoms with Crippen LogP contribution in [-0.4, -0.2) is 19.8 Å². The van der Waals surface area contributed by atoms with Gasteiger partial charge in [0.25, 0.3) is 0 Å². The van der Waals surface area contributed by atoms with Crippen molar-refractivity contribution >= 4 is 22.0 Å². The van der Waals surface area contributed by atoms with Gasteiger partial charge in [-0.2, -0.15) is 10.5 Å². The van der Waals surface area contributed by atoms with E-state index in [1.54, 1.807) is 0 Å². The molecular formula is C13H18N4OS. The van der Waals surface area contributed by atoms with Crippen LogP contribution < -0.4 is 11.1 Å². The van der Waals surface area contributed by atoms with Crippen molar-refractivity contribution in [2.24, 2.45) is 5.92 Å². The number of nitrogens with one attached hydrogen (secondary N) is 1. The molecule has 0 aliphatic carbocycles. The molecule has 0 radical (unpaired) electrons. The van der Waals surface area contributed by atoms with Gasteiger partial charge in [0.2, 0.25) is 0 Å². The van der Waals surface area contributed by atoms with Crippen LogP contribution in [0.1, 0.15) is 30.7 Å². The first-order valence-electron chi connectivity index (χ1n) is 6.14. The molecule has 0 spiro atoms. The van der Waals surface area contributed by atoms with Crippen molar-refractivity contribution in [1.82, 2.24) is 0 Å². The molecule has 0 aliphatic rings. The van der Waals surface area contributed by atoms with E-state index in [0.717, 1.165) is 13.0 Å². The van der Waals surface area contributed by atoms with Crippen molar-refractivity contribution in [2.75, 3.05) is 30.8 Å². The number of ether oxygens (including phenoxy) is 1. The van der Waals surface area contributed by atoms with Crippen LogP contribution in [0.3, 0.4) is 0 Å². The molecule has 102 valence electrons. The van der Waals surface area contributed by atoms with E-state index in [0.29, 0.717) is 34.5 Å². The van der Waals surface area contributed by atoms with E-state index >= 15 is 0 Å². The Morgan fingerprint density at radius 3 is 2.68 bits per heavy atom. The summed E-state index contributed by atoms with van der Waals surface area (Å²) in [6.45, 7) is 6.34. The number of nitrogen functional groups attached to an aromatic ring is 1. The number of anilines is 2. The minimum absolute atomic E-state index is 0.272. The van der Waals surface area contributed by atoms with E-state index in [2.05, 4.69) is 19.2 Å². The SMILES string of the molecule is CC(C)COCCCNc1sc(C#N)c(N)c1C#N. The topological polar surface area (TPSA) is 94.9 Å². The molecule has 0 aliphatic heterocycles. The number of thiophene rings is 1. The third-order valence-electron chi connectivity index (χ3n) is 2.36. The van der Waals surface area contributed by atoms with Crippen LogP contribution in [0.15, 0.2) is 0 Å². The van der Waals surface area contributed by atoms with Crippen molar-refractivity contribution < 1.29 is 4.74 Å². The lowest BCUT2D eigenvalue weighted by Crippen LogP contribution is -2.08. The molecule has 1 aromatic heterocycles. The molecule has 1 rings (SSSR count). The average molecular weight is 278 g/mol. The molecule has 0 fully saturated rings. The molecule has 0 bridgehead atoms. The predicted molar refractivity (Wildman–Crippen MR) is 76.9 cm³/mol. The summed E-state index contributed by atoms with van der Waals surface area (Å²) in [6, 6.07) is 4.02. The van der Waals surface area contributed by atoms with Crippen LogP contribution in [0.25, 0.3) is 0 Å². The molecule has 0 saturated carbocycles. The van der Waals surface area contributed by atoms with Gasteiger partial charge in [-0.1, -0.05) is 13.8 Å². The Balaban J connectivity index is 2.42. The summed E-state index contributed by atoms with van der Waals surface area (Å²) >= 11 is 1.22. The Morgan fingerprint density at radius 1 is 1.37 bits per heavy atom. The fraction of sp³-hybridized carbons (Fsp3) is 0.538. The van der Waals surface area contributed by atoms with E-state index < -0.39 is 0 Å². The first kappa shape index (κ1) is 15.3. The standard InChI is InChI=1S/C13H18N4OS/c1-9(2)8-18-5-3-4-17-13-10(6-14)12(16)11(7-15)19-13/h9,17H,3-5,8,16H2,1-2H3. The van der Waals surface area contributed by atoms with Crippen molar-refractivity contribution in [2.45, 2.75) is 20.3 Å². The highest BCUT2D eigenvalue weighted by Gasteiger charge is 2.14. The monoisotopic (exact) mass is 278 g/mol. The zero-order valence-corrected chi connectivity index (χ0v) is 12.0. The fourth-order valence-corrected chi connectivity index (χ4v) is 2.35. The highest BCUT2D eigenvalue weighted by Crippen LogP contribution is 2.34. The van der Waals surface area contributed by atoms with Gasteiger partial charge >= 0.3 is 0 Å². The molecule has 5 nitrogen and oxygen atoms in total. The lowest BCUT2D eigenvalue weighted by Gasteiger charge is -2.07. The van der Waals surface area contributed by atoms with Crippen molar-refractivity contribution in [3.63, 3.8) is 0 Å². The van der Waals surface area contributed by atoms with Gasteiger partial charge in [-0.05, 0) is 12.3 Å². The maximum absolute atomic E-state index is 9.01. The normalized spacial score (nSPS) is 10.2. The quantitative estimate of drug-likeness (QED) is 0.747. The highest BCUT2D eigenvalue weighted by molar-refractivity contribution is 7.17. The Labute approximate surface area is 117 Å². The third kappa shape index (κ3) is 4.44. The molecule has 0 amide bonds. The smallest absolute Gasteiger partial charge is 0.131 e. The van der Waals surface area contributed by atoms with E-state index in [-0.39, 0.29) is 5.69 Å². The van der Waals surface area contributed by atoms with Gasteiger partial charge in [-0.3, -0.25) is 0 Å². The molecule has 6 heteroatoms. The first-order chi connectivity index (χ1) is 9.10. The maximum atomic E-state index is 9.01. The van der Waals surface area contributed by atoms with E-state index in [4.69, 9.17) is 21.0 Å². The van der Waals surface area contributed by atoms with Gasteiger partial charge in [-0.25, -0.2) is 0 Å². The Bertz CT molecular complexity index is 496. The zero-order valence-electron chi connectivity index (χ0n) is 11.2. The zero-order chi connectivity index (χ0) is 14.3. The highest BCUT2D eigenvalue weighted by atomic mass is 32.1. The summed E-state index contributed by atoms with van der Waals surface area (Å²) in [5.41, 5.74) is 6.35. The second-order valence-electron chi connectivity index (χ2n) is 4.52. The van der Waals surface area contributed by atoms with Crippen LogP contribution in [0.2, 0.25) is 0 Å². The predicted octanol–water partition coefficient (Wildman–Crippen LogP) is 2.55. The van der Waals surface area contributed by atoms with Crippen LogP contribution in [0.5, 0.6) is 0 Å². The third-order valence-corrected chi connectivity index (χ3v) is 3.43. The van der Waals surface area contributed by atoms with Gasteiger partial charge in [0.05, 0.1) is 5.69 Å². The second-order valence-corrected chi connectivity index (χ2v) is 5.54. The average Bonchev–Trinajstić information content (AvgIpc) is 2.69. The molecule has 3 N–H and O–H groups in total. The Kier molecular flexibility index (Phi) is 6.14. The fourth-order valence-electron chi connectivity index (χ4n) is 1.46. The number of nitriles is 2. The van der Waals surface area contributed by atoms with E-state index in [1.165, 1.54) is 11.3 Å². The molecule has 1 aromatic rings. The van der Waals surface area contributed by atoms with E-state index in [1.807, 2.05) is 12.1 Å². The molecule has 0 atom stereocenters. The summed E-state index contributed by atoms with van der Waals surface area (Å²) in [5, 5.41) is 21.7.